The predicted octanol–water partition coefficient (Wildman–Crippen LogP) is 2.37. The summed E-state index contributed by atoms with van der Waals surface area (Å²) in [6, 6.07) is 2.38. The number of ether oxygens (including phenoxy) is 1. The molecule has 0 fully saturated rings. The normalized spacial score (nSPS) is 13.9. The van der Waals surface area contributed by atoms with Crippen LogP contribution in [0, 0.1) is 0 Å². The van der Waals surface area contributed by atoms with Crippen molar-refractivity contribution in [2.24, 2.45) is 0 Å². The summed E-state index contributed by atoms with van der Waals surface area (Å²) < 4.78 is 7.56. The zero-order chi connectivity index (χ0) is 12.9. The van der Waals surface area contributed by atoms with Gasteiger partial charge in [0.1, 0.15) is 0 Å². The van der Waals surface area contributed by atoms with Gasteiger partial charge in [0.2, 0.25) is 0 Å². The lowest BCUT2D eigenvalue weighted by atomic mass is 9.96. The average Bonchev–Trinajstić information content (AvgIpc) is 2.76. The number of aryl methyl sites for hydroxylation is 1. The molecule has 1 heterocycles. The van der Waals surface area contributed by atoms with Gasteiger partial charge in [-0.15, -0.1) is 0 Å². The van der Waals surface area contributed by atoms with E-state index in [1.807, 2.05) is 10.9 Å². The standard InChI is InChI=1S/C13H25N3O/c1-6-14-11(10-13(3,4)17-5)12-8-9-15-16(12)7-2/h8-9,11,14H,6-7,10H2,1-5H3. The summed E-state index contributed by atoms with van der Waals surface area (Å²) in [5, 5.41) is 7.84. The molecule has 0 bridgehead atoms. The van der Waals surface area contributed by atoms with Crippen molar-refractivity contribution in [3.63, 3.8) is 0 Å². The summed E-state index contributed by atoms with van der Waals surface area (Å²) in [5.41, 5.74) is 1.11. The van der Waals surface area contributed by atoms with E-state index in [2.05, 4.69) is 44.2 Å². The smallest absolute Gasteiger partial charge is 0.0641 e. The lowest BCUT2D eigenvalue weighted by Crippen LogP contribution is -2.33. The van der Waals surface area contributed by atoms with E-state index >= 15 is 0 Å². The molecule has 0 amide bonds. The SMILES string of the molecule is CCNC(CC(C)(C)OC)c1ccnn1CC. The fraction of sp³-hybridized carbons (Fsp3) is 0.769. The summed E-state index contributed by atoms with van der Waals surface area (Å²) in [6.45, 7) is 10.3. The number of hydrogen-bond acceptors (Lipinski definition) is 3. The van der Waals surface area contributed by atoms with E-state index in [4.69, 9.17) is 4.74 Å². The molecular weight excluding hydrogens is 214 g/mol. The first-order valence-corrected chi connectivity index (χ1v) is 6.34. The van der Waals surface area contributed by atoms with Crippen molar-refractivity contribution in [3.05, 3.63) is 18.0 Å². The summed E-state index contributed by atoms with van der Waals surface area (Å²) in [4.78, 5) is 0. The molecule has 1 unspecified atom stereocenters. The Hall–Kier alpha value is -0.870. The monoisotopic (exact) mass is 239 g/mol. The summed E-state index contributed by atoms with van der Waals surface area (Å²) in [7, 11) is 1.76. The van der Waals surface area contributed by atoms with Crippen molar-refractivity contribution in [1.29, 1.82) is 0 Å². The Bertz CT molecular complexity index is 333. The van der Waals surface area contributed by atoms with E-state index in [1.165, 1.54) is 5.69 Å². The molecule has 0 spiro atoms. The first kappa shape index (κ1) is 14.2. The van der Waals surface area contributed by atoms with Gasteiger partial charge in [-0.05, 0) is 39.8 Å². The molecule has 4 nitrogen and oxygen atoms in total. The van der Waals surface area contributed by atoms with Crippen LogP contribution >= 0.6 is 0 Å². The number of hydrogen-bond donors (Lipinski definition) is 1. The maximum atomic E-state index is 5.52. The van der Waals surface area contributed by atoms with E-state index in [0.717, 1.165) is 19.5 Å². The van der Waals surface area contributed by atoms with Gasteiger partial charge in [-0.2, -0.15) is 5.10 Å². The van der Waals surface area contributed by atoms with Crippen molar-refractivity contribution < 1.29 is 4.74 Å². The fourth-order valence-corrected chi connectivity index (χ4v) is 2.01. The van der Waals surface area contributed by atoms with Crippen LogP contribution in [-0.2, 0) is 11.3 Å². The van der Waals surface area contributed by atoms with Gasteiger partial charge in [0.15, 0.2) is 0 Å². The average molecular weight is 239 g/mol. The molecule has 0 aromatic carbocycles. The molecule has 1 aromatic rings. The molecular formula is C13H25N3O. The lowest BCUT2D eigenvalue weighted by molar-refractivity contribution is 0.00627. The van der Waals surface area contributed by atoms with Gasteiger partial charge in [0, 0.05) is 19.9 Å². The molecule has 0 aliphatic heterocycles. The largest absolute Gasteiger partial charge is 0.379 e. The second-order valence-electron chi connectivity index (χ2n) is 4.85. The Balaban J connectivity index is 2.85. The third kappa shape index (κ3) is 3.82. The highest BCUT2D eigenvalue weighted by molar-refractivity contribution is 5.08. The molecule has 0 radical (unpaired) electrons. The Kier molecular flexibility index (Phi) is 5.15. The molecule has 4 heteroatoms. The van der Waals surface area contributed by atoms with Crippen LogP contribution in [0.5, 0.6) is 0 Å². The van der Waals surface area contributed by atoms with E-state index in [0.29, 0.717) is 0 Å². The lowest BCUT2D eigenvalue weighted by Gasteiger charge is -2.29. The molecule has 1 atom stereocenters. The number of nitrogens with one attached hydrogen (secondary N) is 1. The van der Waals surface area contributed by atoms with E-state index in [-0.39, 0.29) is 11.6 Å². The van der Waals surface area contributed by atoms with Gasteiger partial charge in [-0.1, -0.05) is 6.92 Å². The topological polar surface area (TPSA) is 39.1 Å². The van der Waals surface area contributed by atoms with E-state index in [1.54, 1.807) is 7.11 Å². The minimum absolute atomic E-state index is 0.129. The molecule has 98 valence electrons. The highest BCUT2D eigenvalue weighted by atomic mass is 16.5. The van der Waals surface area contributed by atoms with Gasteiger partial charge >= 0.3 is 0 Å². The quantitative estimate of drug-likeness (QED) is 0.794. The van der Waals surface area contributed by atoms with Gasteiger partial charge < -0.3 is 10.1 Å². The van der Waals surface area contributed by atoms with Crippen LogP contribution in [0.4, 0.5) is 0 Å². The minimum atomic E-state index is -0.129. The van der Waals surface area contributed by atoms with Crippen LogP contribution in [-0.4, -0.2) is 29.0 Å². The molecule has 1 rings (SSSR count). The Labute approximate surface area is 104 Å². The van der Waals surface area contributed by atoms with Crippen molar-refractivity contribution in [3.8, 4) is 0 Å². The van der Waals surface area contributed by atoms with E-state index in [9.17, 15) is 0 Å². The van der Waals surface area contributed by atoms with Crippen molar-refractivity contribution >= 4 is 0 Å². The van der Waals surface area contributed by atoms with Crippen LogP contribution < -0.4 is 5.32 Å². The maximum Gasteiger partial charge on any atom is 0.0641 e. The molecule has 0 saturated heterocycles. The molecule has 0 saturated carbocycles. The van der Waals surface area contributed by atoms with Gasteiger partial charge in [-0.25, -0.2) is 0 Å². The van der Waals surface area contributed by atoms with Gasteiger partial charge in [0.25, 0.3) is 0 Å². The van der Waals surface area contributed by atoms with Crippen LogP contribution in [0.3, 0.4) is 0 Å². The maximum absolute atomic E-state index is 5.52. The highest BCUT2D eigenvalue weighted by Gasteiger charge is 2.25. The number of methoxy groups -OCH3 is 1. The second-order valence-corrected chi connectivity index (χ2v) is 4.85. The van der Waals surface area contributed by atoms with Crippen LogP contribution in [0.25, 0.3) is 0 Å². The Morgan fingerprint density at radius 1 is 1.47 bits per heavy atom. The summed E-state index contributed by atoms with van der Waals surface area (Å²) in [5.74, 6) is 0. The van der Waals surface area contributed by atoms with Gasteiger partial charge in [0.05, 0.1) is 17.3 Å². The fourth-order valence-electron chi connectivity index (χ4n) is 2.01. The minimum Gasteiger partial charge on any atom is -0.379 e. The highest BCUT2D eigenvalue weighted by Crippen LogP contribution is 2.25. The Morgan fingerprint density at radius 2 is 2.18 bits per heavy atom. The first-order chi connectivity index (χ1) is 8.04. The summed E-state index contributed by atoms with van der Waals surface area (Å²) in [6.07, 6.45) is 2.80. The number of rotatable bonds is 7. The third-order valence-corrected chi connectivity index (χ3v) is 3.10. The van der Waals surface area contributed by atoms with Crippen molar-refractivity contribution in [1.82, 2.24) is 15.1 Å². The molecule has 1 N–H and O–H groups in total. The predicted molar refractivity (Wildman–Crippen MR) is 70.0 cm³/mol. The zero-order valence-corrected chi connectivity index (χ0v) is 11.7. The van der Waals surface area contributed by atoms with Crippen LogP contribution in [0.2, 0.25) is 0 Å². The third-order valence-electron chi connectivity index (χ3n) is 3.10. The Morgan fingerprint density at radius 3 is 2.71 bits per heavy atom. The van der Waals surface area contributed by atoms with E-state index < -0.39 is 0 Å². The van der Waals surface area contributed by atoms with Crippen molar-refractivity contribution in [2.45, 2.75) is 52.3 Å². The number of nitrogens with zero attached hydrogens (tertiary/aromatic N) is 2. The second kappa shape index (κ2) is 6.17. The first-order valence-electron chi connectivity index (χ1n) is 6.34. The molecule has 17 heavy (non-hydrogen) atoms. The van der Waals surface area contributed by atoms with Gasteiger partial charge in [-0.3, -0.25) is 4.68 Å². The molecule has 1 aromatic heterocycles. The van der Waals surface area contributed by atoms with Crippen LogP contribution in [0.15, 0.2) is 12.3 Å². The molecule has 0 aliphatic carbocycles. The zero-order valence-electron chi connectivity index (χ0n) is 11.7. The van der Waals surface area contributed by atoms with Crippen molar-refractivity contribution in [2.75, 3.05) is 13.7 Å². The van der Waals surface area contributed by atoms with Crippen LogP contribution in [0.1, 0.15) is 45.9 Å². The number of aromatic nitrogens is 2. The summed E-state index contributed by atoms with van der Waals surface area (Å²) >= 11 is 0. The molecule has 0 aliphatic rings.